The average Bonchev–Trinajstić information content (AvgIpc) is 2.06. The van der Waals surface area contributed by atoms with Crippen LogP contribution in [0.2, 0.25) is 10.0 Å². The van der Waals surface area contributed by atoms with Gasteiger partial charge in [-0.25, -0.2) is 0 Å². The van der Waals surface area contributed by atoms with Crippen molar-refractivity contribution in [1.29, 1.82) is 0 Å². The first-order valence-corrected chi connectivity index (χ1v) is 5.12. The monoisotopic (exact) mass is 251 g/mol. The predicted molar refractivity (Wildman–Crippen MR) is 63.4 cm³/mol. The van der Waals surface area contributed by atoms with Gasteiger partial charge in [-0.1, -0.05) is 35.3 Å². The number of hydrogen-bond acceptors (Lipinski definition) is 1. The maximum atomic E-state index is 6.15. The Morgan fingerprint density at radius 1 is 1.21 bits per heavy atom. The molecule has 1 aromatic carbocycles. The molecule has 0 heterocycles. The summed E-state index contributed by atoms with van der Waals surface area (Å²) in [5.41, 5.74) is 6.92. The number of benzene rings is 1. The van der Waals surface area contributed by atoms with Crippen molar-refractivity contribution < 1.29 is 0 Å². The first-order chi connectivity index (χ1) is 6.13. The fourth-order valence-electron chi connectivity index (χ4n) is 1.72. The lowest BCUT2D eigenvalue weighted by atomic mass is 9.73. The van der Waals surface area contributed by atoms with Crippen LogP contribution in [0.25, 0.3) is 0 Å². The minimum absolute atomic E-state index is 0. The van der Waals surface area contributed by atoms with Crippen molar-refractivity contribution >= 4 is 35.6 Å². The van der Waals surface area contributed by atoms with Crippen molar-refractivity contribution in [3.63, 3.8) is 0 Å². The van der Waals surface area contributed by atoms with Crippen LogP contribution in [0.15, 0.2) is 18.2 Å². The third kappa shape index (κ3) is 1.87. The molecule has 0 aromatic heterocycles. The molecular weight excluding hydrogens is 240 g/mol. The molecule has 14 heavy (non-hydrogen) atoms. The lowest BCUT2D eigenvalue weighted by Gasteiger charge is -2.39. The Bertz CT molecular complexity index is 334. The summed E-state index contributed by atoms with van der Waals surface area (Å²) in [6, 6.07) is 5.65. The molecule has 0 unspecified atom stereocenters. The van der Waals surface area contributed by atoms with E-state index in [1.165, 1.54) is 6.42 Å². The summed E-state index contributed by atoms with van der Waals surface area (Å²) in [5, 5.41) is 1.21. The zero-order valence-electron chi connectivity index (χ0n) is 7.59. The van der Waals surface area contributed by atoms with E-state index in [-0.39, 0.29) is 17.9 Å². The summed E-state index contributed by atoms with van der Waals surface area (Å²) in [5.74, 6) is 0. The fourth-order valence-corrected chi connectivity index (χ4v) is 2.20. The Morgan fingerprint density at radius 3 is 2.36 bits per heavy atom. The van der Waals surface area contributed by atoms with E-state index < -0.39 is 0 Å². The molecule has 4 heteroatoms. The molecule has 0 saturated heterocycles. The molecule has 1 aliphatic rings. The molecule has 0 atom stereocenters. The molecule has 0 bridgehead atoms. The van der Waals surface area contributed by atoms with Gasteiger partial charge in [-0.05, 0) is 30.9 Å². The van der Waals surface area contributed by atoms with Crippen molar-refractivity contribution in [3.8, 4) is 0 Å². The number of halogens is 3. The van der Waals surface area contributed by atoms with Crippen molar-refractivity contribution in [2.45, 2.75) is 24.8 Å². The normalized spacial score (nSPS) is 18.2. The van der Waals surface area contributed by atoms with E-state index in [4.69, 9.17) is 28.9 Å². The van der Waals surface area contributed by atoms with Crippen LogP contribution >= 0.6 is 35.6 Å². The highest BCUT2D eigenvalue weighted by molar-refractivity contribution is 6.42. The van der Waals surface area contributed by atoms with Gasteiger partial charge in [0, 0.05) is 5.54 Å². The van der Waals surface area contributed by atoms with E-state index >= 15 is 0 Å². The van der Waals surface area contributed by atoms with Crippen LogP contribution in [0.4, 0.5) is 0 Å². The van der Waals surface area contributed by atoms with Crippen LogP contribution in [0.5, 0.6) is 0 Å². The third-order valence-electron chi connectivity index (χ3n) is 2.73. The Kier molecular flexibility index (Phi) is 3.70. The third-order valence-corrected chi connectivity index (χ3v) is 3.55. The molecule has 0 spiro atoms. The molecular formula is C10H12Cl3N. The Morgan fingerprint density at radius 2 is 1.86 bits per heavy atom. The molecule has 1 nitrogen and oxygen atoms in total. The number of nitrogens with two attached hydrogens (primary N) is 1. The van der Waals surface area contributed by atoms with Crippen molar-refractivity contribution in [3.05, 3.63) is 33.8 Å². The summed E-state index contributed by atoms with van der Waals surface area (Å²) < 4.78 is 0. The van der Waals surface area contributed by atoms with Gasteiger partial charge < -0.3 is 5.73 Å². The Balaban J connectivity index is 0.000000980. The summed E-state index contributed by atoms with van der Waals surface area (Å²) in [4.78, 5) is 0. The summed E-state index contributed by atoms with van der Waals surface area (Å²) in [6.07, 6.45) is 3.19. The van der Waals surface area contributed by atoms with Crippen molar-refractivity contribution in [2.24, 2.45) is 5.73 Å². The van der Waals surface area contributed by atoms with Crippen molar-refractivity contribution in [1.82, 2.24) is 0 Å². The maximum absolute atomic E-state index is 6.15. The maximum Gasteiger partial charge on any atom is 0.0642 e. The van der Waals surface area contributed by atoms with Gasteiger partial charge in [-0.3, -0.25) is 0 Å². The molecule has 78 valence electrons. The van der Waals surface area contributed by atoms with E-state index in [0.717, 1.165) is 18.4 Å². The Labute approximate surface area is 100.0 Å². The smallest absolute Gasteiger partial charge is 0.0642 e. The van der Waals surface area contributed by atoms with Gasteiger partial charge in [-0.15, -0.1) is 12.4 Å². The predicted octanol–water partition coefficient (Wildman–Crippen LogP) is 3.75. The molecule has 2 N–H and O–H groups in total. The lowest BCUT2D eigenvalue weighted by molar-refractivity contribution is 0.254. The molecule has 1 aromatic rings. The minimum Gasteiger partial charge on any atom is -0.321 e. The highest BCUT2D eigenvalue weighted by atomic mass is 35.5. The lowest BCUT2D eigenvalue weighted by Crippen LogP contribution is -2.43. The number of hydrogen-bond donors (Lipinski definition) is 1. The van der Waals surface area contributed by atoms with Gasteiger partial charge in [0.15, 0.2) is 0 Å². The first kappa shape index (κ1) is 12.1. The first-order valence-electron chi connectivity index (χ1n) is 4.37. The SMILES string of the molecule is Cl.NC1(c2cccc(Cl)c2Cl)CCC1. The highest BCUT2D eigenvalue weighted by Crippen LogP contribution is 2.43. The van der Waals surface area contributed by atoms with Gasteiger partial charge >= 0.3 is 0 Å². The van der Waals surface area contributed by atoms with Crippen LogP contribution in [0.1, 0.15) is 24.8 Å². The van der Waals surface area contributed by atoms with E-state index in [9.17, 15) is 0 Å². The van der Waals surface area contributed by atoms with Gasteiger partial charge in [0.05, 0.1) is 10.0 Å². The van der Waals surface area contributed by atoms with Crippen LogP contribution in [0.3, 0.4) is 0 Å². The standard InChI is InChI=1S/C10H11Cl2N.ClH/c11-8-4-1-3-7(9(8)12)10(13)5-2-6-10;/h1,3-4H,2,5-6,13H2;1H. The van der Waals surface area contributed by atoms with E-state index in [1.54, 1.807) is 6.07 Å². The van der Waals surface area contributed by atoms with Crippen LogP contribution in [-0.2, 0) is 5.54 Å². The minimum atomic E-state index is -0.220. The second kappa shape index (κ2) is 4.28. The van der Waals surface area contributed by atoms with Gasteiger partial charge in [0.2, 0.25) is 0 Å². The topological polar surface area (TPSA) is 26.0 Å². The van der Waals surface area contributed by atoms with Crippen LogP contribution in [-0.4, -0.2) is 0 Å². The second-order valence-electron chi connectivity index (χ2n) is 3.61. The number of rotatable bonds is 1. The zero-order chi connectivity index (χ0) is 9.47. The van der Waals surface area contributed by atoms with Gasteiger partial charge in [0.25, 0.3) is 0 Å². The summed E-state index contributed by atoms with van der Waals surface area (Å²) in [7, 11) is 0. The molecule has 1 aliphatic carbocycles. The van der Waals surface area contributed by atoms with Crippen molar-refractivity contribution in [2.75, 3.05) is 0 Å². The highest BCUT2D eigenvalue weighted by Gasteiger charge is 2.36. The van der Waals surface area contributed by atoms with E-state index in [1.807, 2.05) is 12.1 Å². The largest absolute Gasteiger partial charge is 0.321 e. The summed E-state index contributed by atoms with van der Waals surface area (Å²) >= 11 is 12.0. The second-order valence-corrected chi connectivity index (χ2v) is 4.40. The van der Waals surface area contributed by atoms with Crippen LogP contribution in [0, 0.1) is 0 Å². The Hall–Kier alpha value is 0.0500. The molecule has 0 aliphatic heterocycles. The van der Waals surface area contributed by atoms with E-state index in [2.05, 4.69) is 0 Å². The van der Waals surface area contributed by atoms with Gasteiger partial charge in [-0.2, -0.15) is 0 Å². The van der Waals surface area contributed by atoms with Gasteiger partial charge in [0.1, 0.15) is 0 Å². The summed E-state index contributed by atoms with van der Waals surface area (Å²) in [6.45, 7) is 0. The molecule has 0 radical (unpaired) electrons. The molecule has 2 rings (SSSR count). The zero-order valence-corrected chi connectivity index (χ0v) is 9.92. The average molecular weight is 253 g/mol. The molecule has 0 amide bonds. The molecule has 1 saturated carbocycles. The van der Waals surface area contributed by atoms with Crippen LogP contribution < -0.4 is 5.73 Å². The molecule has 1 fully saturated rings. The fraction of sp³-hybridized carbons (Fsp3) is 0.400. The van der Waals surface area contributed by atoms with E-state index in [0.29, 0.717) is 10.0 Å². The quantitative estimate of drug-likeness (QED) is 0.809.